The average molecular weight is 365 g/mol. The van der Waals surface area contributed by atoms with Crippen molar-refractivity contribution in [3.05, 3.63) is 80.3 Å². The van der Waals surface area contributed by atoms with Gasteiger partial charge in [-0.15, -0.1) is 0 Å². The van der Waals surface area contributed by atoms with E-state index in [1.807, 2.05) is 6.07 Å². The number of aromatic hydroxyl groups is 1. The molecule has 7 heteroatoms. The van der Waals surface area contributed by atoms with E-state index in [1.54, 1.807) is 24.3 Å². The number of hydrogen-bond donors (Lipinski definition) is 2. The second kappa shape index (κ2) is 6.36. The standard InChI is InChI=1S/C17H14Cl2N2O3/c1-20-14(15(22)10-5-3-2-4-6-10)16(23)21(17(20)24)13-8-11(18)7-12(19)9-13/h2-9,15,22-23H,1H3. The molecule has 0 radical (unpaired) electrons. The molecular weight excluding hydrogens is 351 g/mol. The lowest BCUT2D eigenvalue weighted by Crippen LogP contribution is -2.22. The number of hydrogen-bond acceptors (Lipinski definition) is 3. The van der Waals surface area contributed by atoms with Crippen molar-refractivity contribution >= 4 is 23.2 Å². The largest absolute Gasteiger partial charge is 0.493 e. The van der Waals surface area contributed by atoms with Crippen molar-refractivity contribution < 1.29 is 10.2 Å². The van der Waals surface area contributed by atoms with Crippen LogP contribution in [0.1, 0.15) is 17.4 Å². The van der Waals surface area contributed by atoms with Crippen LogP contribution in [0.2, 0.25) is 10.0 Å². The van der Waals surface area contributed by atoms with Crippen LogP contribution in [-0.2, 0) is 7.05 Å². The smallest absolute Gasteiger partial charge is 0.335 e. The number of nitrogens with zero attached hydrogens (tertiary/aromatic N) is 2. The monoisotopic (exact) mass is 364 g/mol. The highest BCUT2D eigenvalue weighted by Gasteiger charge is 2.25. The van der Waals surface area contributed by atoms with Crippen molar-refractivity contribution in [1.82, 2.24) is 9.13 Å². The van der Waals surface area contributed by atoms with Crippen molar-refractivity contribution in [3.63, 3.8) is 0 Å². The fourth-order valence-electron chi connectivity index (χ4n) is 2.61. The van der Waals surface area contributed by atoms with Gasteiger partial charge in [0.15, 0.2) is 0 Å². The molecule has 3 rings (SSSR count). The van der Waals surface area contributed by atoms with Crippen LogP contribution >= 0.6 is 23.2 Å². The third-order valence-corrected chi connectivity index (χ3v) is 4.20. The van der Waals surface area contributed by atoms with Gasteiger partial charge in [0.2, 0.25) is 5.88 Å². The molecule has 3 aromatic rings. The van der Waals surface area contributed by atoms with Crippen LogP contribution in [0, 0.1) is 0 Å². The van der Waals surface area contributed by atoms with Crippen LogP contribution in [0.3, 0.4) is 0 Å². The molecule has 5 nitrogen and oxygen atoms in total. The molecule has 1 aromatic heterocycles. The first kappa shape index (κ1) is 16.6. The molecule has 0 saturated heterocycles. The molecule has 0 spiro atoms. The number of aliphatic hydroxyl groups is 1. The van der Waals surface area contributed by atoms with Gasteiger partial charge < -0.3 is 10.2 Å². The normalized spacial score (nSPS) is 12.3. The van der Waals surface area contributed by atoms with Gasteiger partial charge in [-0.05, 0) is 23.8 Å². The van der Waals surface area contributed by atoms with Crippen LogP contribution in [0.15, 0.2) is 53.3 Å². The van der Waals surface area contributed by atoms with Gasteiger partial charge >= 0.3 is 5.69 Å². The molecule has 0 aliphatic heterocycles. The maximum absolute atomic E-state index is 12.5. The summed E-state index contributed by atoms with van der Waals surface area (Å²) in [5, 5.41) is 21.8. The maximum atomic E-state index is 12.5. The van der Waals surface area contributed by atoms with Crippen LogP contribution < -0.4 is 5.69 Å². The predicted octanol–water partition coefficient (Wildman–Crippen LogP) is 3.27. The van der Waals surface area contributed by atoms with E-state index in [0.29, 0.717) is 21.3 Å². The molecule has 24 heavy (non-hydrogen) atoms. The Morgan fingerprint density at radius 3 is 2.21 bits per heavy atom. The molecule has 1 unspecified atom stereocenters. The molecule has 0 fully saturated rings. The fourth-order valence-corrected chi connectivity index (χ4v) is 3.12. The summed E-state index contributed by atoms with van der Waals surface area (Å²) in [4.78, 5) is 12.5. The minimum atomic E-state index is -1.15. The summed E-state index contributed by atoms with van der Waals surface area (Å²) in [5.41, 5.74) is 0.444. The number of aromatic nitrogens is 2. The van der Waals surface area contributed by atoms with Gasteiger partial charge in [0, 0.05) is 17.1 Å². The Morgan fingerprint density at radius 1 is 1.04 bits per heavy atom. The third-order valence-electron chi connectivity index (χ3n) is 3.76. The van der Waals surface area contributed by atoms with Gasteiger partial charge in [0.05, 0.1) is 5.69 Å². The predicted molar refractivity (Wildman–Crippen MR) is 93.2 cm³/mol. The molecular formula is C17H14Cl2N2O3. The lowest BCUT2D eigenvalue weighted by Gasteiger charge is -2.12. The zero-order chi connectivity index (χ0) is 17.4. The summed E-state index contributed by atoms with van der Waals surface area (Å²) in [5.74, 6) is -0.364. The van der Waals surface area contributed by atoms with Crippen LogP contribution in [0.5, 0.6) is 5.88 Å². The molecule has 0 aliphatic carbocycles. The Hall–Kier alpha value is -2.21. The van der Waals surface area contributed by atoms with Crippen LogP contribution in [0.25, 0.3) is 5.69 Å². The first-order valence-electron chi connectivity index (χ1n) is 7.10. The molecule has 2 N–H and O–H groups in total. The number of halogens is 2. The van der Waals surface area contributed by atoms with Crippen LogP contribution in [0.4, 0.5) is 0 Å². The molecule has 124 valence electrons. The highest BCUT2D eigenvalue weighted by Crippen LogP contribution is 2.31. The van der Waals surface area contributed by atoms with E-state index in [-0.39, 0.29) is 11.6 Å². The summed E-state index contributed by atoms with van der Waals surface area (Å²) in [6.07, 6.45) is -1.15. The Balaban J connectivity index is 2.20. The van der Waals surface area contributed by atoms with Crippen molar-refractivity contribution in [2.75, 3.05) is 0 Å². The van der Waals surface area contributed by atoms with E-state index < -0.39 is 11.8 Å². The van der Waals surface area contributed by atoms with Crippen molar-refractivity contribution in [2.24, 2.45) is 7.05 Å². The van der Waals surface area contributed by atoms with Gasteiger partial charge in [-0.1, -0.05) is 53.5 Å². The zero-order valence-electron chi connectivity index (χ0n) is 12.6. The molecule has 0 aliphatic rings. The maximum Gasteiger partial charge on any atom is 0.335 e. The number of aliphatic hydroxyl groups excluding tert-OH is 1. The minimum Gasteiger partial charge on any atom is -0.493 e. The molecule has 0 saturated carbocycles. The van der Waals surface area contributed by atoms with E-state index in [9.17, 15) is 15.0 Å². The molecule has 0 bridgehead atoms. The number of benzene rings is 2. The molecule has 1 heterocycles. The highest BCUT2D eigenvalue weighted by atomic mass is 35.5. The van der Waals surface area contributed by atoms with Gasteiger partial charge in [0.1, 0.15) is 11.8 Å². The number of rotatable bonds is 3. The lowest BCUT2D eigenvalue weighted by atomic mass is 10.1. The Kier molecular flexibility index (Phi) is 4.41. The second-order valence-corrected chi connectivity index (χ2v) is 6.20. The minimum absolute atomic E-state index is 0.0855. The Bertz CT molecular complexity index is 928. The van der Waals surface area contributed by atoms with Crippen molar-refractivity contribution in [1.29, 1.82) is 0 Å². The van der Waals surface area contributed by atoms with Gasteiger partial charge in [-0.2, -0.15) is 0 Å². The summed E-state index contributed by atoms with van der Waals surface area (Å²) >= 11 is 11.9. The summed E-state index contributed by atoms with van der Waals surface area (Å²) in [6.45, 7) is 0. The molecule has 0 amide bonds. The Labute approximate surface area is 147 Å². The van der Waals surface area contributed by atoms with E-state index in [4.69, 9.17) is 23.2 Å². The van der Waals surface area contributed by atoms with E-state index in [1.165, 1.54) is 29.8 Å². The summed E-state index contributed by atoms with van der Waals surface area (Å²) in [6, 6.07) is 13.3. The van der Waals surface area contributed by atoms with Crippen molar-refractivity contribution in [3.8, 4) is 11.6 Å². The third kappa shape index (κ3) is 2.82. The van der Waals surface area contributed by atoms with E-state index >= 15 is 0 Å². The van der Waals surface area contributed by atoms with E-state index in [0.717, 1.165) is 4.57 Å². The summed E-state index contributed by atoms with van der Waals surface area (Å²) in [7, 11) is 1.48. The zero-order valence-corrected chi connectivity index (χ0v) is 14.2. The SMILES string of the molecule is Cn1c(C(O)c2ccccc2)c(O)n(-c2cc(Cl)cc(Cl)c2)c1=O. The first-order valence-corrected chi connectivity index (χ1v) is 7.86. The highest BCUT2D eigenvalue weighted by molar-refractivity contribution is 6.34. The second-order valence-electron chi connectivity index (χ2n) is 5.33. The van der Waals surface area contributed by atoms with Crippen molar-refractivity contribution in [2.45, 2.75) is 6.10 Å². The fraction of sp³-hybridized carbons (Fsp3) is 0.118. The molecule has 2 aromatic carbocycles. The van der Waals surface area contributed by atoms with Gasteiger partial charge in [-0.25, -0.2) is 9.36 Å². The topological polar surface area (TPSA) is 67.4 Å². The average Bonchev–Trinajstić information content (AvgIpc) is 2.76. The Morgan fingerprint density at radius 2 is 1.62 bits per heavy atom. The van der Waals surface area contributed by atoms with Gasteiger partial charge in [0.25, 0.3) is 0 Å². The molecule has 1 atom stereocenters. The van der Waals surface area contributed by atoms with Crippen LogP contribution in [-0.4, -0.2) is 19.3 Å². The number of imidazole rings is 1. The summed E-state index contributed by atoms with van der Waals surface area (Å²) < 4.78 is 2.25. The quantitative estimate of drug-likeness (QED) is 0.749. The first-order chi connectivity index (χ1) is 11.4. The van der Waals surface area contributed by atoms with E-state index in [2.05, 4.69) is 0 Å². The van der Waals surface area contributed by atoms with Gasteiger partial charge in [-0.3, -0.25) is 4.57 Å². The lowest BCUT2D eigenvalue weighted by molar-refractivity contribution is 0.205.